The van der Waals surface area contributed by atoms with Gasteiger partial charge in [0.05, 0.1) is 19.9 Å². The van der Waals surface area contributed by atoms with Gasteiger partial charge in [-0.1, -0.05) is 0 Å². The number of thiazole rings is 1. The summed E-state index contributed by atoms with van der Waals surface area (Å²) in [5.74, 6) is 1.42. The summed E-state index contributed by atoms with van der Waals surface area (Å²) in [4.78, 5) is 5.64. The van der Waals surface area contributed by atoms with Crippen LogP contribution in [-0.4, -0.2) is 30.1 Å². The molecule has 0 atom stereocenters. The molecule has 0 aliphatic rings. The maximum absolute atomic E-state index is 5.64. The third-order valence-electron chi connectivity index (χ3n) is 3.36. The molecule has 6 heteroatoms. The largest absolute Gasteiger partial charge is 0.493 e. The highest BCUT2D eigenvalue weighted by molar-refractivity contribution is 7.15. The molecule has 0 aliphatic heterocycles. The zero-order chi connectivity index (χ0) is 14.8. The maximum Gasteiger partial charge on any atom is 0.194 e. The van der Waals surface area contributed by atoms with Gasteiger partial charge in [-0.05, 0) is 24.7 Å². The van der Waals surface area contributed by atoms with E-state index in [1.807, 2.05) is 24.4 Å². The van der Waals surface area contributed by atoms with Crippen LogP contribution in [0.4, 0.5) is 0 Å². The molecular weight excluding hydrogens is 286 g/mol. The van der Waals surface area contributed by atoms with E-state index >= 15 is 0 Å². The number of hydrogen-bond donors (Lipinski definition) is 1. The molecule has 21 heavy (non-hydrogen) atoms. The minimum absolute atomic E-state index is 0.635. The van der Waals surface area contributed by atoms with Crippen LogP contribution >= 0.6 is 11.3 Å². The average Bonchev–Trinajstić information content (AvgIpc) is 3.09. The highest BCUT2D eigenvalue weighted by Gasteiger charge is 2.11. The molecule has 0 saturated carbocycles. The van der Waals surface area contributed by atoms with E-state index < -0.39 is 0 Å². The Kier molecular flexibility index (Phi) is 3.81. The van der Waals surface area contributed by atoms with Gasteiger partial charge in [0.25, 0.3) is 0 Å². The third-order valence-corrected chi connectivity index (χ3v) is 4.25. The van der Waals surface area contributed by atoms with Gasteiger partial charge in [-0.3, -0.25) is 4.40 Å². The number of nitrogens with zero attached hydrogens (tertiary/aromatic N) is 2. The van der Waals surface area contributed by atoms with Crippen LogP contribution in [-0.2, 0) is 6.42 Å². The predicted molar refractivity (Wildman–Crippen MR) is 84.4 cm³/mol. The van der Waals surface area contributed by atoms with Crippen LogP contribution in [0.2, 0.25) is 0 Å². The molecular formula is C15H17N3O2S. The van der Waals surface area contributed by atoms with Gasteiger partial charge in [0.2, 0.25) is 0 Å². The number of fused-ring (bicyclic) bond motifs is 1. The molecule has 0 spiro atoms. The first kappa shape index (κ1) is 13.9. The molecule has 0 fully saturated rings. The number of aromatic nitrogens is 2. The van der Waals surface area contributed by atoms with E-state index in [2.05, 4.69) is 14.8 Å². The second kappa shape index (κ2) is 5.75. The van der Waals surface area contributed by atoms with Crippen LogP contribution in [0, 0.1) is 0 Å². The molecule has 3 rings (SSSR count). The molecule has 0 unspecified atom stereocenters. The van der Waals surface area contributed by atoms with Crippen LogP contribution in [0.3, 0.4) is 0 Å². The van der Waals surface area contributed by atoms with Gasteiger partial charge < -0.3 is 15.2 Å². The molecule has 0 aliphatic carbocycles. The van der Waals surface area contributed by atoms with Gasteiger partial charge in [-0.25, -0.2) is 4.98 Å². The van der Waals surface area contributed by atoms with Gasteiger partial charge in [0.15, 0.2) is 16.5 Å². The first-order valence-corrected chi connectivity index (χ1v) is 7.52. The second-order valence-corrected chi connectivity index (χ2v) is 5.45. The summed E-state index contributed by atoms with van der Waals surface area (Å²) in [5, 5.41) is 2.10. The minimum Gasteiger partial charge on any atom is -0.493 e. The average molecular weight is 303 g/mol. The van der Waals surface area contributed by atoms with Crippen molar-refractivity contribution >= 4 is 16.3 Å². The van der Waals surface area contributed by atoms with Crippen LogP contribution in [0.25, 0.3) is 16.2 Å². The summed E-state index contributed by atoms with van der Waals surface area (Å²) in [7, 11) is 3.26. The van der Waals surface area contributed by atoms with E-state index in [-0.39, 0.29) is 0 Å². The summed E-state index contributed by atoms with van der Waals surface area (Å²) >= 11 is 1.63. The van der Waals surface area contributed by atoms with Crippen LogP contribution in [0.1, 0.15) is 5.69 Å². The van der Waals surface area contributed by atoms with Crippen molar-refractivity contribution in [2.45, 2.75) is 6.42 Å². The van der Waals surface area contributed by atoms with Crippen molar-refractivity contribution in [3.63, 3.8) is 0 Å². The molecule has 110 valence electrons. The zero-order valence-electron chi connectivity index (χ0n) is 12.0. The Hall–Kier alpha value is -2.05. The summed E-state index contributed by atoms with van der Waals surface area (Å²) in [6.07, 6.45) is 2.89. The lowest BCUT2D eigenvalue weighted by atomic mass is 10.1. The number of nitrogens with two attached hydrogens (primary N) is 1. The normalized spacial score (nSPS) is 11.0. The summed E-state index contributed by atoms with van der Waals surface area (Å²) < 4.78 is 12.7. The number of imidazole rings is 1. The van der Waals surface area contributed by atoms with Crippen molar-refractivity contribution in [3.8, 4) is 22.8 Å². The van der Waals surface area contributed by atoms with Crippen LogP contribution in [0.5, 0.6) is 11.5 Å². The van der Waals surface area contributed by atoms with Gasteiger partial charge in [-0.2, -0.15) is 0 Å². The van der Waals surface area contributed by atoms with Gasteiger partial charge >= 0.3 is 0 Å². The van der Waals surface area contributed by atoms with Crippen molar-refractivity contribution in [1.29, 1.82) is 0 Å². The number of rotatable bonds is 5. The SMILES string of the molecule is COc1ccc(-c2cn3c(CCN)csc3n2)cc1OC. The Morgan fingerprint density at radius 3 is 2.76 bits per heavy atom. The third kappa shape index (κ3) is 2.48. The van der Waals surface area contributed by atoms with E-state index in [4.69, 9.17) is 15.2 Å². The Morgan fingerprint density at radius 2 is 2.05 bits per heavy atom. The highest BCUT2D eigenvalue weighted by Crippen LogP contribution is 2.32. The molecule has 2 heterocycles. The number of ether oxygens (including phenoxy) is 2. The minimum atomic E-state index is 0.635. The smallest absolute Gasteiger partial charge is 0.194 e. The first-order valence-electron chi connectivity index (χ1n) is 6.64. The Labute approximate surface area is 126 Å². The van der Waals surface area contributed by atoms with Gasteiger partial charge in [0.1, 0.15) is 0 Å². The van der Waals surface area contributed by atoms with Crippen LogP contribution < -0.4 is 15.2 Å². The topological polar surface area (TPSA) is 61.8 Å². The summed E-state index contributed by atoms with van der Waals surface area (Å²) in [6.45, 7) is 0.635. The van der Waals surface area contributed by atoms with Crippen molar-refractivity contribution in [3.05, 3.63) is 35.5 Å². The molecule has 0 saturated heterocycles. The fraction of sp³-hybridized carbons (Fsp3) is 0.267. The van der Waals surface area contributed by atoms with E-state index in [1.165, 1.54) is 5.69 Å². The first-order chi connectivity index (χ1) is 10.3. The monoisotopic (exact) mass is 303 g/mol. The summed E-state index contributed by atoms with van der Waals surface area (Å²) in [6, 6.07) is 5.81. The van der Waals surface area contributed by atoms with Gasteiger partial charge in [0, 0.05) is 29.3 Å². The summed E-state index contributed by atoms with van der Waals surface area (Å²) in [5.41, 5.74) is 8.75. The Morgan fingerprint density at radius 1 is 1.24 bits per heavy atom. The molecule has 1 aromatic carbocycles. The van der Waals surface area contributed by atoms with Gasteiger partial charge in [-0.15, -0.1) is 11.3 Å². The van der Waals surface area contributed by atoms with E-state index in [1.54, 1.807) is 25.6 Å². The standard InChI is InChI=1S/C15H17N3O2S/c1-19-13-4-3-10(7-14(13)20-2)12-8-18-11(5-6-16)9-21-15(18)17-12/h3-4,7-9H,5-6,16H2,1-2H3. The molecule has 5 nitrogen and oxygen atoms in total. The molecule has 3 aromatic rings. The Bertz CT molecular complexity index is 763. The molecule has 2 N–H and O–H groups in total. The quantitative estimate of drug-likeness (QED) is 0.787. The van der Waals surface area contributed by atoms with Crippen molar-refractivity contribution < 1.29 is 9.47 Å². The highest BCUT2D eigenvalue weighted by atomic mass is 32.1. The lowest BCUT2D eigenvalue weighted by Crippen LogP contribution is -2.04. The number of hydrogen-bond acceptors (Lipinski definition) is 5. The lowest BCUT2D eigenvalue weighted by molar-refractivity contribution is 0.355. The molecule has 0 radical (unpaired) electrons. The van der Waals surface area contributed by atoms with E-state index in [0.29, 0.717) is 18.0 Å². The van der Waals surface area contributed by atoms with E-state index in [0.717, 1.165) is 22.6 Å². The number of methoxy groups -OCH3 is 2. The van der Waals surface area contributed by atoms with E-state index in [9.17, 15) is 0 Å². The van der Waals surface area contributed by atoms with Crippen LogP contribution in [0.15, 0.2) is 29.8 Å². The molecule has 2 aromatic heterocycles. The maximum atomic E-state index is 5.64. The molecule has 0 bridgehead atoms. The Balaban J connectivity index is 2.03. The number of benzene rings is 1. The van der Waals surface area contributed by atoms with Crippen molar-refractivity contribution in [2.75, 3.05) is 20.8 Å². The predicted octanol–water partition coefficient (Wildman–Crippen LogP) is 2.58. The molecule has 0 amide bonds. The zero-order valence-corrected chi connectivity index (χ0v) is 12.8. The fourth-order valence-electron chi connectivity index (χ4n) is 2.29. The second-order valence-electron chi connectivity index (χ2n) is 4.61. The lowest BCUT2D eigenvalue weighted by Gasteiger charge is -2.08. The fourth-order valence-corrected chi connectivity index (χ4v) is 3.20. The van der Waals surface area contributed by atoms with Crippen molar-refractivity contribution in [1.82, 2.24) is 9.38 Å². The van der Waals surface area contributed by atoms with Crippen molar-refractivity contribution in [2.24, 2.45) is 5.73 Å².